The molecule has 0 radical (unpaired) electrons. The van der Waals surface area contributed by atoms with Crippen molar-refractivity contribution in [1.82, 2.24) is 24.7 Å². The van der Waals surface area contributed by atoms with Gasteiger partial charge >= 0.3 is 6.03 Å². The summed E-state index contributed by atoms with van der Waals surface area (Å²) in [6.07, 6.45) is 8.29. The molecule has 2 aliphatic heterocycles. The van der Waals surface area contributed by atoms with Crippen LogP contribution < -0.4 is 4.90 Å². The molecule has 2 fully saturated rings. The van der Waals surface area contributed by atoms with Crippen molar-refractivity contribution in [1.29, 1.82) is 0 Å². The zero-order chi connectivity index (χ0) is 15.8. The van der Waals surface area contributed by atoms with Gasteiger partial charge in [-0.2, -0.15) is 5.10 Å². The molecule has 0 bridgehead atoms. The number of hydrogen-bond donors (Lipinski definition) is 0. The Morgan fingerprint density at radius 2 is 2.22 bits per heavy atom. The molecular formula is C15H20N6O2. The second-order valence-corrected chi connectivity index (χ2v) is 6.24. The normalized spacial score (nSPS) is 22.5. The fourth-order valence-corrected chi connectivity index (χ4v) is 3.29. The van der Waals surface area contributed by atoms with Crippen LogP contribution in [0.15, 0.2) is 29.4 Å². The second kappa shape index (κ2) is 5.69. The van der Waals surface area contributed by atoms with E-state index in [1.54, 1.807) is 28.5 Å². The van der Waals surface area contributed by atoms with Gasteiger partial charge in [0, 0.05) is 51.5 Å². The fourth-order valence-electron chi connectivity index (χ4n) is 3.29. The highest BCUT2D eigenvalue weighted by Gasteiger charge is 2.29. The van der Waals surface area contributed by atoms with E-state index in [4.69, 9.17) is 4.52 Å². The van der Waals surface area contributed by atoms with Gasteiger partial charge in [0.15, 0.2) is 0 Å². The van der Waals surface area contributed by atoms with Crippen molar-refractivity contribution in [2.45, 2.75) is 19.0 Å². The molecule has 8 heteroatoms. The van der Waals surface area contributed by atoms with Crippen molar-refractivity contribution in [2.24, 2.45) is 0 Å². The first-order chi connectivity index (χ1) is 11.2. The molecule has 8 nitrogen and oxygen atoms in total. The molecule has 122 valence electrons. The number of anilines is 1. The minimum Gasteiger partial charge on any atom is -0.364 e. The summed E-state index contributed by atoms with van der Waals surface area (Å²) in [6, 6.07) is 0.393. The number of likely N-dealkylation sites (N-methyl/N-ethyl adjacent to an activating group) is 1. The third-order valence-corrected chi connectivity index (χ3v) is 4.63. The highest BCUT2D eigenvalue weighted by Crippen LogP contribution is 2.26. The Balaban J connectivity index is 1.41. The molecule has 2 aromatic rings. The summed E-state index contributed by atoms with van der Waals surface area (Å²) in [6.45, 7) is 4.31. The van der Waals surface area contributed by atoms with E-state index >= 15 is 0 Å². The van der Waals surface area contributed by atoms with Crippen LogP contribution in [0, 0.1) is 0 Å². The SMILES string of the molecule is CN1CCN(c2cnn(C3CCN(Cc4cnoc4)C3)c2)C1=O. The lowest BCUT2D eigenvalue weighted by atomic mass is 10.3. The Labute approximate surface area is 134 Å². The number of hydrogen-bond acceptors (Lipinski definition) is 5. The number of amides is 2. The van der Waals surface area contributed by atoms with Gasteiger partial charge in [-0.05, 0) is 6.42 Å². The van der Waals surface area contributed by atoms with Crippen molar-refractivity contribution < 1.29 is 9.32 Å². The minimum absolute atomic E-state index is 0.0463. The van der Waals surface area contributed by atoms with E-state index in [9.17, 15) is 4.79 Å². The van der Waals surface area contributed by atoms with E-state index in [0.717, 1.165) is 50.4 Å². The summed E-state index contributed by atoms with van der Waals surface area (Å²) in [5.74, 6) is 0. The minimum atomic E-state index is 0.0463. The quantitative estimate of drug-likeness (QED) is 0.847. The summed E-state index contributed by atoms with van der Waals surface area (Å²) in [7, 11) is 1.83. The van der Waals surface area contributed by atoms with Gasteiger partial charge in [-0.25, -0.2) is 4.79 Å². The van der Waals surface area contributed by atoms with Gasteiger partial charge in [0.1, 0.15) is 6.26 Å². The lowest BCUT2D eigenvalue weighted by Crippen LogP contribution is -2.28. The number of nitrogens with zero attached hydrogens (tertiary/aromatic N) is 6. The van der Waals surface area contributed by atoms with Gasteiger partial charge in [-0.1, -0.05) is 5.16 Å². The lowest BCUT2D eigenvalue weighted by molar-refractivity contribution is 0.229. The van der Waals surface area contributed by atoms with Gasteiger partial charge in [0.2, 0.25) is 0 Å². The number of likely N-dealkylation sites (tertiary alicyclic amines) is 1. The van der Waals surface area contributed by atoms with Crippen LogP contribution in [0.4, 0.5) is 10.5 Å². The van der Waals surface area contributed by atoms with Crippen LogP contribution in [-0.2, 0) is 6.54 Å². The average molecular weight is 316 g/mol. The van der Waals surface area contributed by atoms with E-state index < -0.39 is 0 Å². The predicted octanol–water partition coefficient (Wildman–Crippen LogP) is 1.19. The molecule has 4 heterocycles. The van der Waals surface area contributed by atoms with E-state index in [0.29, 0.717) is 6.04 Å². The first kappa shape index (κ1) is 14.3. The maximum absolute atomic E-state index is 12.1. The van der Waals surface area contributed by atoms with Crippen LogP contribution >= 0.6 is 0 Å². The van der Waals surface area contributed by atoms with Gasteiger partial charge in [0.25, 0.3) is 0 Å². The summed E-state index contributed by atoms with van der Waals surface area (Å²) in [5.41, 5.74) is 1.98. The van der Waals surface area contributed by atoms with Crippen LogP contribution in [0.1, 0.15) is 18.0 Å². The zero-order valence-electron chi connectivity index (χ0n) is 13.1. The maximum atomic E-state index is 12.1. The Hall–Kier alpha value is -2.35. The maximum Gasteiger partial charge on any atom is 0.324 e. The van der Waals surface area contributed by atoms with Crippen molar-refractivity contribution >= 4 is 11.7 Å². The highest BCUT2D eigenvalue weighted by molar-refractivity contribution is 5.93. The molecule has 23 heavy (non-hydrogen) atoms. The molecule has 0 spiro atoms. The topological polar surface area (TPSA) is 70.6 Å². The van der Waals surface area contributed by atoms with Crippen LogP contribution in [0.5, 0.6) is 0 Å². The third-order valence-electron chi connectivity index (χ3n) is 4.63. The van der Waals surface area contributed by atoms with Crippen LogP contribution in [0.2, 0.25) is 0 Å². The predicted molar refractivity (Wildman–Crippen MR) is 83.0 cm³/mol. The fraction of sp³-hybridized carbons (Fsp3) is 0.533. The van der Waals surface area contributed by atoms with Crippen LogP contribution in [-0.4, -0.2) is 64.0 Å². The molecule has 0 N–H and O–H groups in total. The molecule has 2 aliphatic rings. The number of urea groups is 1. The number of aromatic nitrogens is 3. The monoisotopic (exact) mass is 316 g/mol. The van der Waals surface area contributed by atoms with Gasteiger partial charge in [-0.3, -0.25) is 14.5 Å². The largest absolute Gasteiger partial charge is 0.364 e. The Morgan fingerprint density at radius 3 is 2.96 bits per heavy atom. The Morgan fingerprint density at radius 1 is 1.30 bits per heavy atom. The molecule has 2 amide bonds. The molecule has 0 aromatic carbocycles. The molecule has 2 aromatic heterocycles. The second-order valence-electron chi connectivity index (χ2n) is 6.24. The summed E-state index contributed by atoms with van der Waals surface area (Å²) in [4.78, 5) is 17.9. The Kier molecular flexibility index (Phi) is 3.53. The van der Waals surface area contributed by atoms with E-state index in [2.05, 4.69) is 15.2 Å². The Bertz CT molecular complexity index is 682. The van der Waals surface area contributed by atoms with E-state index in [-0.39, 0.29) is 6.03 Å². The molecule has 0 aliphatic carbocycles. The standard InChI is InChI=1S/C15H20N6O2/c1-18-4-5-20(15(18)22)14-7-16-21(10-14)13-2-3-19(9-13)8-12-6-17-23-11-12/h6-7,10-11,13H,2-5,8-9H2,1H3. The van der Waals surface area contributed by atoms with E-state index in [1.165, 1.54) is 0 Å². The molecule has 2 saturated heterocycles. The third kappa shape index (κ3) is 2.70. The van der Waals surface area contributed by atoms with Gasteiger partial charge in [0.05, 0.1) is 24.1 Å². The first-order valence-electron chi connectivity index (χ1n) is 7.88. The van der Waals surface area contributed by atoms with Crippen LogP contribution in [0.3, 0.4) is 0 Å². The first-order valence-corrected chi connectivity index (χ1v) is 7.88. The number of carbonyl (C=O) groups is 1. The molecule has 1 atom stereocenters. The average Bonchev–Trinajstić information content (AvgIpc) is 3.30. The summed E-state index contributed by atoms with van der Waals surface area (Å²) < 4.78 is 6.87. The van der Waals surface area contributed by atoms with Crippen LogP contribution in [0.25, 0.3) is 0 Å². The van der Waals surface area contributed by atoms with Crippen molar-refractivity contribution in [3.8, 4) is 0 Å². The zero-order valence-corrected chi connectivity index (χ0v) is 13.1. The molecule has 0 saturated carbocycles. The van der Waals surface area contributed by atoms with Gasteiger partial charge in [-0.15, -0.1) is 0 Å². The molecule has 1 unspecified atom stereocenters. The van der Waals surface area contributed by atoms with Crippen molar-refractivity contribution in [2.75, 3.05) is 38.1 Å². The van der Waals surface area contributed by atoms with Gasteiger partial charge < -0.3 is 9.42 Å². The van der Waals surface area contributed by atoms with Crippen molar-refractivity contribution in [3.63, 3.8) is 0 Å². The van der Waals surface area contributed by atoms with Crippen molar-refractivity contribution in [3.05, 3.63) is 30.4 Å². The number of rotatable bonds is 4. The highest BCUT2D eigenvalue weighted by atomic mass is 16.5. The van der Waals surface area contributed by atoms with E-state index in [1.807, 2.05) is 17.9 Å². The number of carbonyl (C=O) groups excluding carboxylic acids is 1. The smallest absolute Gasteiger partial charge is 0.324 e. The lowest BCUT2D eigenvalue weighted by Gasteiger charge is -2.15. The summed E-state index contributed by atoms with van der Waals surface area (Å²) >= 11 is 0. The molecule has 4 rings (SSSR count). The molecular weight excluding hydrogens is 296 g/mol. The summed E-state index contributed by atoms with van der Waals surface area (Å²) in [5, 5.41) is 8.22.